The fourth-order valence-electron chi connectivity index (χ4n) is 1.36. The Kier molecular flexibility index (Phi) is 5.42. The van der Waals surface area contributed by atoms with E-state index in [-0.39, 0.29) is 5.97 Å². The highest BCUT2D eigenvalue weighted by Crippen LogP contribution is 2.00. The first-order valence-electron chi connectivity index (χ1n) is 5.22. The summed E-state index contributed by atoms with van der Waals surface area (Å²) in [7, 11) is 3.40. The van der Waals surface area contributed by atoms with Crippen LogP contribution in [0.4, 0.5) is 0 Å². The van der Waals surface area contributed by atoms with Gasteiger partial charge in [-0.25, -0.2) is 0 Å². The first-order chi connectivity index (χ1) is 7.72. The minimum absolute atomic E-state index is 0.159. The SMILES string of the molecule is COC(=O)CCCN(C)Cc1cnccn1. The molecule has 5 heteroatoms. The monoisotopic (exact) mass is 223 g/mol. The van der Waals surface area contributed by atoms with E-state index in [9.17, 15) is 4.79 Å². The topological polar surface area (TPSA) is 55.3 Å². The Morgan fingerprint density at radius 1 is 1.50 bits per heavy atom. The predicted molar refractivity (Wildman–Crippen MR) is 59.6 cm³/mol. The van der Waals surface area contributed by atoms with Gasteiger partial charge in [0.05, 0.1) is 12.8 Å². The molecule has 0 aromatic carbocycles. The van der Waals surface area contributed by atoms with Crippen LogP contribution in [0.15, 0.2) is 18.6 Å². The molecule has 0 unspecified atom stereocenters. The summed E-state index contributed by atoms with van der Waals surface area (Å²) in [6.45, 7) is 1.58. The molecule has 1 aromatic rings. The van der Waals surface area contributed by atoms with E-state index in [0.717, 1.165) is 25.2 Å². The van der Waals surface area contributed by atoms with Gasteiger partial charge in [0, 0.05) is 31.6 Å². The molecule has 0 aliphatic rings. The number of esters is 1. The number of aromatic nitrogens is 2. The van der Waals surface area contributed by atoms with Crippen LogP contribution >= 0.6 is 0 Å². The molecule has 5 nitrogen and oxygen atoms in total. The Morgan fingerprint density at radius 2 is 2.31 bits per heavy atom. The molecule has 0 atom stereocenters. The van der Waals surface area contributed by atoms with E-state index in [2.05, 4.69) is 19.6 Å². The molecule has 0 radical (unpaired) electrons. The van der Waals surface area contributed by atoms with Crippen LogP contribution in [0.25, 0.3) is 0 Å². The molecule has 0 bridgehead atoms. The molecule has 0 N–H and O–H groups in total. The molecule has 0 amide bonds. The van der Waals surface area contributed by atoms with Crippen LogP contribution in [0.2, 0.25) is 0 Å². The van der Waals surface area contributed by atoms with E-state index < -0.39 is 0 Å². The fourth-order valence-corrected chi connectivity index (χ4v) is 1.36. The number of methoxy groups -OCH3 is 1. The Bertz CT molecular complexity index is 316. The van der Waals surface area contributed by atoms with Gasteiger partial charge in [0.2, 0.25) is 0 Å². The van der Waals surface area contributed by atoms with Gasteiger partial charge in [-0.15, -0.1) is 0 Å². The number of nitrogens with zero attached hydrogens (tertiary/aromatic N) is 3. The van der Waals surface area contributed by atoms with Gasteiger partial charge in [0.25, 0.3) is 0 Å². The Hall–Kier alpha value is -1.49. The second-order valence-corrected chi connectivity index (χ2v) is 3.61. The molecule has 0 aliphatic carbocycles. The number of carbonyl (C=O) groups is 1. The van der Waals surface area contributed by atoms with Gasteiger partial charge in [-0.1, -0.05) is 0 Å². The molecular weight excluding hydrogens is 206 g/mol. The zero-order valence-corrected chi connectivity index (χ0v) is 9.72. The van der Waals surface area contributed by atoms with E-state index in [0.29, 0.717) is 6.42 Å². The molecular formula is C11H17N3O2. The second-order valence-electron chi connectivity index (χ2n) is 3.61. The van der Waals surface area contributed by atoms with E-state index in [4.69, 9.17) is 0 Å². The highest BCUT2D eigenvalue weighted by atomic mass is 16.5. The summed E-state index contributed by atoms with van der Waals surface area (Å²) in [5, 5.41) is 0. The van der Waals surface area contributed by atoms with Crippen molar-refractivity contribution in [2.45, 2.75) is 19.4 Å². The maximum atomic E-state index is 10.9. The Labute approximate surface area is 95.5 Å². The van der Waals surface area contributed by atoms with Gasteiger partial charge in [-0.2, -0.15) is 0 Å². The number of hydrogen-bond acceptors (Lipinski definition) is 5. The van der Waals surface area contributed by atoms with Crippen molar-refractivity contribution < 1.29 is 9.53 Å². The summed E-state index contributed by atoms with van der Waals surface area (Å²) >= 11 is 0. The zero-order chi connectivity index (χ0) is 11.8. The molecule has 1 aromatic heterocycles. The number of hydrogen-bond donors (Lipinski definition) is 0. The van der Waals surface area contributed by atoms with E-state index in [1.807, 2.05) is 7.05 Å². The van der Waals surface area contributed by atoms with Crippen molar-refractivity contribution in [2.75, 3.05) is 20.7 Å². The lowest BCUT2D eigenvalue weighted by Gasteiger charge is -2.15. The normalized spacial score (nSPS) is 10.4. The molecule has 0 fully saturated rings. The average molecular weight is 223 g/mol. The average Bonchev–Trinajstić information content (AvgIpc) is 2.30. The minimum Gasteiger partial charge on any atom is -0.469 e. The molecule has 0 spiro atoms. The molecule has 1 heterocycles. The lowest BCUT2D eigenvalue weighted by atomic mass is 10.3. The van der Waals surface area contributed by atoms with Crippen LogP contribution in [-0.4, -0.2) is 41.5 Å². The fraction of sp³-hybridized carbons (Fsp3) is 0.545. The van der Waals surface area contributed by atoms with E-state index >= 15 is 0 Å². The van der Waals surface area contributed by atoms with Crippen molar-refractivity contribution in [2.24, 2.45) is 0 Å². The van der Waals surface area contributed by atoms with Gasteiger partial charge in [0.15, 0.2) is 0 Å². The van der Waals surface area contributed by atoms with Crippen molar-refractivity contribution in [3.63, 3.8) is 0 Å². The Balaban J connectivity index is 2.21. The van der Waals surface area contributed by atoms with Crippen molar-refractivity contribution in [3.8, 4) is 0 Å². The lowest BCUT2D eigenvalue weighted by Crippen LogP contribution is -2.20. The smallest absolute Gasteiger partial charge is 0.305 e. The molecule has 88 valence electrons. The molecule has 1 rings (SSSR count). The van der Waals surface area contributed by atoms with Gasteiger partial charge in [-0.3, -0.25) is 14.8 Å². The first-order valence-corrected chi connectivity index (χ1v) is 5.22. The molecule has 0 saturated carbocycles. The molecule has 0 saturated heterocycles. The summed E-state index contributed by atoms with van der Waals surface area (Å²) in [6, 6.07) is 0. The van der Waals surface area contributed by atoms with Crippen LogP contribution in [0.5, 0.6) is 0 Å². The van der Waals surface area contributed by atoms with Gasteiger partial charge < -0.3 is 9.64 Å². The van der Waals surface area contributed by atoms with Crippen LogP contribution in [0, 0.1) is 0 Å². The number of carbonyl (C=O) groups excluding carboxylic acids is 1. The highest BCUT2D eigenvalue weighted by molar-refractivity contribution is 5.69. The van der Waals surface area contributed by atoms with Crippen molar-refractivity contribution >= 4 is 5.97 Å². The third-order valence-corrected chi connectivity index (χ3v) is 2.20. The summed E-state index contributed by atoms with van der Waals surface area (Å²) in [6.07, 6.45) is 6.33. The van der Waals surface area contributed by atoms with Crippen LogP contribution in [-0.2, 0) is 16.1 Å². The Morgan fingerprint density at radius 3 is 2.94 bits per heavy atom. The second kappa shape index (κ2) is 6.90. The summed E-state index contributed by atoms with van der Waals surface area (Å²) in [4.78, 5) is 21.2. The third kappa shape index (κ3) is 4.84. The first kappa shape index (κ1) is 12.6. The summed E-state index contributed by atoms with van der Waals surface area (Å²) < 4.78 is 4.57. The maximum Gasteiger partial charge on any atom is 0.305 e. The lowest BCUT2D eigenvalue weighted by molar-refractivity contribution is -0.140. The minimum atomic E-state index is -0.159. The van der Waals surface area contributed by atoms with Crippen LogP contribution < -0.4 is 0 Å². The van der Waals surface area contributed by atoms with Crippen LogP contribution in [0.3, 0.4) is 0 Å². The number of rotatable bonds is 6. The summed E-state index contributed by atoms with van der Waals surface area (Å²) in [5.41, 5.74) is 0.933. The molecule has 0 aliphatic heterocycles. The van der Waals surface area contributed by atoms with Gasteiger partial charge >= 0.3 is 5.97 Å². The van der Waals surface area contributed by atoms with Crippen molar-refractivity contribution in [3.05, 3.63) is 24.3 Å². The van der Waals surface area contributed by atoms with Gasteiger partial charge in [0.1, 0.15) is 0 Å². The summed E-state index contributed by atoms with van der Waals surface area (Å²) in [5.74, 6) is -0.159. The standard InChI is InChI=1S/C11H17N3O2/c1-14(7-3-4-11(15)16-2)9-10-8-12-5-6-13-10/h5-6,8H,3-4,7,9H2,1-2H3. The largest absolute Gasteiger partial charge is 0.469 e. The van der Waals surface area contributed by atoms with Crippen molar-refractivity contribution in [1.82, 2.24) is 14.9 Å². The van der Waals surface area contributed by atoms with Crippen molar-refractivity contribution in [1.29, 1.82) is 0 Å². The van der Waals surface area contributed by atoms with E-state index in [1.54, 1.807) is 18.6 Å². The predicted octanol–water partition coefficient (Wildman–Crippen LogP) is 0.862. The van der Waals surface area contributed by atoms with Crippen LogP contribution in [0.1, 0.15) is 18.5 Å². The maximum absolute atomic E-state index is 10.9. The number of ether oxygens (including phenoxy) is 1. The van der Waals surface area contributed by atoms with E-state index in [1.165, 1.54) is 7.11 Å². The quantitative estimate of drug-likeness (QED) is 0.669. The van der Waals surface area contributed by atoms with Gasteiger partial charge in [-0.05, 0) is 20.0 Å². The molecule has 16 heavy (non-hydrogen) atoms. The zero-order valence-electron chi connectivity index (χ0n) is 9.72. The third-order valence-electron chi connectivity index (χ3n) is 2.20. The highest BCUT2D eigenvalue weighted by Gasteiger charge is 2.04.